The van der Waals surface area contributed by atoms with E-state index < -0.39 is 226 Å². The van der Waals surface area contributed by atoms with Gasteiger partial charge in [0.2, 0.25) is 94.5 Å². The van der Waals surface area contributed by atoms with Gasteiger partial charge in [0.25, 0.3) is 10.1 Å². The Morgan fingerprint density at radius 2 is 0.667 bits per heavy atom. The molecule has 15 atom stereocenters. The maximum atomic E-state index is 13.7. The van der Waals surface area contributed by atoms with Crippen LogP contribution in [-0.4, -0.2) is 239 Å². The van der Waals surface area contributed by atoms with Crippen LogP contribution in [0, 0.1) is 0 Å². The van der Waals surface area contributed by atoms with Crippen LogP contribution in [0.25, 0.3) is 0 Å². The predicted molar refractivity (Wildman–Crippen MR) is 373 cm³/mol. The molecule has 16 amide bonds. The van der Waals surface area contributed by atoms with Crippen LogP contribution in [0.4, 0.5) is 0 Å². The molecule has 0 aliphatic rings. The van der Waals surface area contributed by atoms with Gasteiger partial charge in [-0.05, 0) is 139 Å². The molecule has 42 nitrogen and oxygen atoms in total. The van der Waals surface area contributed by atoms with Crippen molar-refractivity contribution >= 4 is 117 Å². The van der Waals surface area contributed by atoms with Gasteiger partial charge < -0.3 is 113 Å². The van der Waals surface area contributed by atoms with E-state index in [-0.39, 0.29) is 50.5 Å². The summed E-state index contributed by atoms with van der Waals surface area (Å²) in [4.78, 5) is 225. The third kappa shape index (κ3) is 36.2. The third-order valence-corrected chi connectivity index (χ3v) is 16.1. The molecule has 0 fully saturated rings. The minimum absolute atomic E-state index is 0.0137. The fraction of sp³-hybridized carbons (Fsp3) is 0.613. The SMILES string of the molecule is C[C@H](NC(=O)CCS(=O)(=O)O)C(=O)N[C@@H](C)C(=O)N[C@@H](C)C(=O)N[C@@H](C)C(=O)N[C@@H](CCC(=O)O)C(=O)N[C@@H](C)C(=O)N[C@@H](C)C(=O)N[C@@H](C)C(=O)N[C@@H](CCCCN)C(=O)N[C@@H](C)C(=O)N[C@@H](C)C(=O)N[C@@H](C)C(=O)N[C@@H](C)C(=O)N[C@@H](Cc1ccc(O)cc1)C(=O)N[C@@H](CCCN=C(N)N)C(N)=O. The number of nitrogens with zero attached hydrogens (tertiary/aromatic N) is 1. The van der Waals surface area contributed by atoms with Gasteiger partial charge in [-0.25, -0.2) is 0 Å². The fourth-order valence-electron chi connectivity index (χ4n) is 8.92. The van der Waals surface area contributed by atoms with Crippen LogP contribution in [-0.2, 0) is 98.0 Å². The van der Waals surface area contributed by atoms with Crippen molar-refractivity contribution in [2.24, 2.45) is 27.9 Å². The van der Waals surface area contributed by atoms with Crippen LogP contribution in [0.2, 0.25) is 0 Å². The van der Waals surface area contributed by atoms with Gasteiger partial charge in [0.1, 0.15) is 96.4 Å². The Morgan fingerprint density at radius 1 is 0.381 bits per heavy atom. The van der Waals surface area contributed by atoms with E-state index in [1.54, 1.807) is 0 Å². The number of phenols is 1. The first kappa shape index (κ1) is 92.2. The van der Waals surface area contributed by atoms with Crippen LogP contribution in [0.1, 0.15) is 133 Å². The van der Waals surface area contributed by atoms with E-state index >= 15 is 0 Å². The highest BCUT2D eigenvalue weighted by molar-refractivity contribution is 7.85. The van der Waals surface area contributed by atoms with E-state index in [1.165, 1.54) is 100 Å². The van der Waals surface area contributed by atoms with Gasteiger partial charge >= 0.3 is 5.97 Å². The Hall–Kier alpha value is -10.9. The summed E-state index contributed by atoms with van der Waals surface area (Å²) in [5.74, 6) is -17.1. The van der Waals surface area contributed by atoms with Crippen LogP contribution < -0.4 is 103 Å². The number of carbonyl (C=O) groups is 17. The Kier molecular flexibility index (Phi) is 39.8. The summed E-state index contributed by atoms with van der Waals surface area (Å²) in [6.07, 6.45) is -1.03. The highest BCUT2D eigenvalue weighted by Gasteiger charge is 2.34. The summed E-state index contributed by atoms with van der Waals surface area (Å²) >= 11 is 0. The lowest BCUT2D eigenvalue weighted by molar-refractivity contribution is -0.138. The second-order valence-electron chi connectivity index (χ2n) is 24.8. The summed E-state index contributed by atoms with van der Waals surface area (Å²) in [6, 6.07) is -14.7. The summed E-state index contributed by atoms with van der Waals surface area (Å²) in [5, 5.41) is 54.8. The zero-order valence-electron chi connectivity index (χ0n) is 60.2. The van der Waals surface area contributed by atoms with Crippen molar-refractivity contribution in [3.8, 4) is 5.75 Å². The highest BCUT2D eigenvalue weighted by atomic mass is 32.2. The van der Waals surface area contributed by atoms with E-state index in [0.29, 0.717) is 18.4 Å². The molecule has 1 aromatic carbocycles. The van der Waals surface area contributed by atoms with Gasteiger partial charge in [0.05, 0.1) is 5.75 Å². The van der Waals surface area contributed by atoms with Crippen molar-refractivity contribution in [2.45, 2.75) is 225 Å². The topological polar surface area (TPSA) is 682 Å². The molecule has 0 heterocycles. The minimum Gasteiger partial charge on any atom is -0.508 e. The molecule has 0 aromatic heterocycles. The molecular weight excluding hydrogens is 1410 g/mol. The van der Waals surface area contributed by atoms with E-state index in [2.05, 4.69) is 84.7 Å². The van der Waals surface area contributed by atoms with Crippen LogP contribution in [0.15, 0.2) is 29.3 Å². The molecule has 0 bridgehead atoms. The maximum Gasteiger partial charge on any atom is 0.303 e. The lowest BCUT2D eigenvalue weighted by atomic mass is 10.0. The number of nitrogens with two attached hydrogens (primary N) is 4. The Labute approximate surface area is 605 Å². The van der Waals surface area contributed by atoms with Crippen molar-refractivity contribution in [1.29, 1.82) is 0 Å². The molecule has 0 saturated carbocycles. The number of rotatable bonds is 46. The molecule has 26 N–H and O–H groups in total. The average molecular weight is 1510 g/mol. The Bertz CT molecular complexity index is 3410. The van der Waals surface area contributed by atoms with Gasteiger partial charge in [0, 0.05) is 25.8 Å². The van der Waals surface area contributed by atoms with Gasteiger partial charge in [-0.3, -0.25) is 91.1 Å². The molecule has 0 spiro atoms. The van der Waals surface area contributed by atoms with Crippen LogP contribution in [0.5, 0.6) is 5.75 Å². The number of guanidine groups is 1. The van der Waals surface area contributed by atoms with E-state index in [0.717, 1.165) is 0 Å². The predicted octanol–water partition coefficient (Wildman–Crippen LogP) is -8.76. The second kappa shape index (κ2) is 45.3. The maximum absolute atomic E-state index is 13.7. The number of primary amides is 1. The van der Waals surface area contributed by atoms with Crippen LogP contribution >= 0.6 is 0 Å². The van der Waals surface area contributed by atoms with Crippen molar-refractivity contribution in [3.63, 3.8) is 0 Å². The number of hydrogen-bond acceptors (Lipinski definition) is 22. The number of aliphatic carboxylic acids is 1. The summed E-state index contributed by atoms with van der Waals surface area (Å²) in [6.45, 7) is 13.9. The Morgan fingerprint density at radius 3 is 0.981 bits per heavy atom. The molecule has 1 aromatic rings. The first-order chi connectivity index (χ1) is 48.8. The largest absolute Gasteiger partial charge is 0.508 e. The van der Waals surface area contributed by atoms with Gasteiger partial charge in [-0.1, -0.05) is 12.1 Å². The van der Waals surface area contributed by atoms with E-state index in [1.807, 2.05) is 0 Å². The van der Waals surface area contributed by atoms with Gasteiger partial charge in [0.15, 0.2) is 5.96 Å². The number of nitrogens with one attached hydrogen (secondary N) is 15. The molecular formula is C62H102N20O22S. The zero-order valence-corrected chi connectivity index (χ0v) is 61.0. The molecule has 105 heavy (non-hydrogen) atoms. The molecule has 0 aliphatic heterocycles. The van der Waals surface area contributed by atoms with Crippen molar-refractivity contribution in [1.82, 2.24) is 79.8 Å². The number of unbranched alkanes of at least 4 members (excludes halogenated alkanes) is 1. The van der Waals surface area contributed by atoms with E-state index in [4.69, 9.17) is 27.5 Å². The van der Waals surface area contributed by atoms with Gasteiger partial charge in [-0.15, -0.1) is 0 Å². The van der Waals surface area contributed by atoms with Crippen molar-refractivity contribution in [2.75, 3.05) is 18.8 Å². The molecule has 43 heteroatoms. The molecule has 0 saturated heterocycles. The lowest BCUT2D eigenvalue weighted by Crippen LogP contribution is -2.59. The molecule has 1 rings (SSSR count). The minimum atomic E-state index is -4.46. The standard InChI is InChI=1S/C62H102N20O22S/c1-28(68-45(84)23-26-105(102,103)104)48(88)69-29(2)49(89)70-31(4)51(91)75-37(10)57(97)81-43(21-22-46(85)86)60(100)78-35(8)55(95)73-33(6)52(92)74-36(9)56(96)80-42(15-12-13-24-63)59(99)77-34(7)54(94)72-30(3)50(90)71-32(5)53(93)76-38(11)58(98)82-44(27-39-17-19-40(83)20-18-39)61(101)79-41(47(64)87)16-14-25-67-62(65)66/h17-20,28-38,41-44,83H,12-16,21-27,63H2,1-11H3,(H2,64,87)(H,68,84)(H,69,88)(H,70,89)(H,71,90)(H,72,94)(H,73,95)(H,74,92)(H,75,91)(H,76,93)(H,77,99)(H,78,100)(H,79,101)(H,80,96)(H,81,97)(H,82,98)(H,85,86)(H4,65,66,67)(H,102,103,104)/t28-,29-,30-,31-,32-,33-,34-,35-,36-,37-,38-,41-,42-,43-,44-/m0/s1. The Balaban J connectivity index is 2.92. The van der Waals surface area contributed by atoms with Crippen molar-refractivity contribution in [3.05, 3.63) is 29.8 Å². The van der Waals surface area contributed by atoms with Gasteiger partial charge in [-0.2, -0.15) is 8.42 Å². The quantitative estimate of drug-likeness (QED) is 0.0125. The number of benzene rings is 1. The molecule has 588 valence electrons. The van der Waals surface area contributed by atoms with Crippen LogP contribution in [0.3, 0.4) is 0 Å². The van der Waals surface area contributed by atoms with Crippen molar-refractivity contribution < 1.29 is 105 Å². The summed E-state index contributed by atoms with van der Waals surface area (Å²) in [7, 11) is -4.46. The molecule has 0 aliphatic carbocycles. The average Bonchev–Trinajstić information content (AvgIpc) is 0.859. The molecule has 0 unspecified atom stereocenters. The monoisotopic (exact) mass is 1510 g/mol. The second-order valence-corrected chi connectivity index (χ2v) is 26.4. The molecule has 0 radical (unpaired) electrons. The van der Waals surface area contributed by atoms with E-state index in [9.17, 15) is 100 Å². The lowest BCUT2D eigenvalue weighted by Gasteiger charge is -2.25. The number of carbonyl (C=O) groups excluding carboxylic acids is 16. The number of aliphatic imine (C=N–C) groups is 1. The number of carboxylic acid groups (broad SMARTS) is 1. The fourth-order valence-corrected chi connectivity index (χ4v) is 9.36. The number of phenolic OH excluding ortho intramolecular Hbond substituents is 1. The number of aromatic hydroxyl groups is 1. The number of hydrogen-bond donors (Lipinski definition) is 22. The summed E-state index contributed by atoms with van der Waals surface area (Å²) < 4.78 is 30.7. The highest BCUT2D eigenvalue weighted by Crippen LogP contribution is 2.13. The zero-order chi connectivity index (χ0) is 80.3. The third-order valence-electron chi connectivity index (χ3n) is 15.4. The number of carboxylic acids is 1. The smallest absolute Gasteiger partial charge is 0.303 e. The normalized spacial score (nSPS) is 15.3. The number of amides is 16. The summed E-state index contributed by atoms with van der Waals surface area (Å²) in [5.41, 5.74) is 22.4. The first-order valence-electron chi connectivity index (χ1n) is 33.3. The first-order valence-corrected chi connectivity index (χ1v) is 34.9.